The number of ether oxygens (including phenoxy) is 1. The molecule has 12 heteroatoms. The number of carbonyl (C=O) groups excluding carboxylic acids is 1. The van der Waals surface area contributed by atoms with Gasteiger partial charge in [-0.3, -0.25) is 4.79 Å². The smallest absolute Gasteiger partial charge is 0.341 e. The first kappa shape index (κ1) is 24.1. The number of piperazine rings is 1. The number of aliphatic carboxylic acids is 1. The number of aromatic nitrogens is 3. The van der Waals surface area contributed by atoms with Crippen LogP contribution in [0, 0.1) is 0 Å². The number of nitrogens with zero attached hydrogens (tertiary/aromatic N) is 5. The molecule has 2 aliphatic heterocycles. The highest BCUT2D eigenvalue weighted by Gasteiger charge is 2.27. The van der Waals surface area contributed by atoms with Crippen LogP contribution in [0.3, 0.4) is 0 Å². The summed E-state index contributed by atoms with van der Waals surface area (Å²) in [6.07, 6.45) is 2.31. The normalized spacial score (nSPS) is 17.8. The van der Waals surface area contributed by atoms with Crippen LogP contribution in [-0.2, 0) is 9.59 Å². The lowest BCUT2D eigenvalue weighted by Gasteiger charge is -2.35. The number of rotatable bonds is 6. The molecule has 1 saturated heterocycles. The van der Waals surface area contributed by atoms with Crippen molar-refractivity contribution in [3.63, 3.8) is 0 Å². The Kier molecular flexibility index (Phi) is 6.84. The predicted molar refractivity (Wildman–Crippen MR) is 138 cm³/mol. The Morgan fingerprint density at radius 1 is 1.08 bits per heavy atom. The van der Waals surface area contributed by atoms with Crippen LogP contribution in [0.2, 0.25) is 5.02 Å². The fourth-order valence-corrected chi connectivity index (χ4v) is 5.32. The molecule has 2 aromatic heterocycles. The number of benzene rings is 1. The number of nitrogen functional groups attached to an aromatic ring is 1. The van der Waals surface area contributed by atoms with Gasteiger partial charge in [0.1, 0.15) is 11.3 Å². The van der Waals surface area contributed by atoms with Gasteiger partial charge in [0.25, 0.3) is 5.91 Å². The third-order valence-corrected chi connectivity index (χ3v) is 7.56. The Labute approximate surface area is 216 Å². The van der Waals surface area contributed by atoms with Gasteiger partial charge in [-0.05, 0) is 42.8 Å². The van der Waals surface area contributed by atoms with Crippen LogP contribution >= 0.6 is 23.4 Å². The number of hydrogen-bond acceptors (Lipinski definition) is 9. The van der Waals surface area contributed by atoms with Gasteiger partial charge in [-0.2, -0.15) is 4.98 Å². The molecule has 4 heterocycles. The monoisotopic (exact) mass is 526 g/mol. The van der Waals surface area contributed by atoms with Gasteiger partial charge in [-0.15, -0.1) is 11.8 Å². The molecule has 36 heavy (non-hydrogen) atoms. The quantitative estimate of drug-likeness (QED) is 0.493. The van der Waals surface area contributed by atoms with Crippen LogP contribution in [-0.4, -0.2) is 69.6 Å². The van der Waals surface area contributed by atoms with Crippen molar-refractivity contribution >= 4 is 58.0 Å². The number of pyridine rings is 1. The zero-order valence-corrected chi connectivity index (χ0v) is 20.7. The van der Waals surface area contributed by atoms with E-state index in [1.165, 1.54) is 11.8 Å². The Morgan fingerprint density at radius 3 is 2.53 bits per heavy atom. The molecular formula is C24H23ClN6O4S. The number of anilines is 2. The molecule has 1 amide bonds. The molecule has 3 N–H and O–H groups in total. The molecular weight excluding hydrogens is 504 g/mol. The summed E-state index contributed by atoms with van der Waals surface area (Å²) >= 11 is 7.17. The summed E-state index contributed by atoms with van der Waals surface area (Å²) in [7, 11) is 0. The van der Waals surface area contributed by atoms with Crippen LogP contribution in [0.4, 0.5) is 11.8 Å². The molecule has 0 aliphatic carbocycles. The highest BCUT2D eigenvalue weighted by atomic mass is 35.5. The van der Waals surface area contributed by atoms with E-state index < -0.39 is 5.97 Å². The number of nitrogens with two attached hydrogens (primary N) is 1. The lowest BCUT2D eigenvalue weighted by atomic mass is 10.2. The molecule has 1 fully saturated rings. The average molecular weight is 527 g/mol. The predicted octanol–water partition coefficient (Wildman–Crippen LogP) is 3.13. The maximum atomic E-state index is 12.7. The van der Waals surface area contributed by atoms with Crippen molar-refractivity contribution in [1.29, 1.82) is 0 Å². The lowest BCUT2D eigenvalue weighted by molar-refractivity contribution is -0.134. The number of carbonyl (C=O) groups is 2. The van der Waals surface area contributed by atoms with Crippen LogP contribution < -0.4 is 15.4 Å². The number of carboxylic acids is 1. The van der Waals surface area contributed by atoms with E-state index in [2.05, 4.69) is 9.97 Å². The first-order valence-corrected chi connectivity index (χ1v) is 12.6. The second-order valence-corrected chi connectivity index (χ2v) is 10.0. The van der Waals surface area contributed by atoms with Crippen molar-refractivity contribution in [2.24, 2.45) is 0 Å². The fraction of sp³-hybridized carbons (Fsp3) is 0.292. The number of hydrogen-bond donors (Lipinski definition) is 2. The minimum Gasteiger partial charge on any atom is -0.484 e. The molecule has 1 aromatic carbocycles. The van der Waals surface area contributed by atoms with Gasteiger partial charge in [0.2, 0.25) is 5.95 Å². The number of carboxylic acid groups (broad SMARTS) is 1. The van der Waals surface area contributed by atoms with Gasteiger partial charge in [0.15, 0.2) is 12.4 Å². The van der Waals surface area contributed by atoms with Gasteiger partial charge in [-0.1, -0.05) is 17.7 Å². The molecule has 5 rings (SSSR count). The van der Waals surface area contributed by atoms with Crippen molar-refractivity contribution in [3.05, 3.63) is 58.1 Å². The Balaban J connectivity index is 1.27. The van der Waals surface area contributed by atoms with E-state index in [1.54, 1.807) is 35.2 Å². The van der Waals surface area contributed by atoms with E-state index in [1.807, 2.05) is 17.0 Å². The largest absolute Gasteiger partial charge is 0.484 e. The first-order chi connectivity index (χ1) is 17.4. The molecule has 1 unspecified atom stereocenters. The summed E-state index contributed by atoms with van der Waals surface area (Å²) < 4.78 is 5.59. The van der Waals surface area contributed by atoms with Gasteiger partial charge < -0.3 is 25.4 Å². The zero-order valence-electron chi connectivity index (χ0n) is 19.1. The molecule has 0 spiro atoms. The Hall–Kier alpha value is -3.57. The van der Waals surface area contributed by atoms with E-state index >= 15 is 0 Å². The molecule has 2 aliphatic rings. The maximum Gasteiger partial charge on any atom is 0.341 e. The zero-order chi connectivity index (χ0) is 25.2. The third-order valence-electron chi connectivity index (χ3n) is 6.00. The summed E-state index contributed by atoms with van der Waals surface area (Å²) in [5.74, 6) is 0.315. The minimum absolute atomic E-state index is 0.0542. The number of fused-ring (bicyclic) bond motifs is 1. The number of thioether (sulfide) groups is 1. The summed E-state index contributed by atoms with van der Waals surface area (Å²) in [4.78, 5) is 41.7. The van der Waals surface area contributed by atoms with Crippen LogP contribution in [0.15, 0.2) is 47.4 Å². The second-order valence-electron chi connectivity index (χ2n) is 8.34. The van der Waals surface area contributed by atoms with Crippen molar-refractivity contribution in [3.8, 4) is 5.75 Å². The van der Waals surface area contributed by atoms with Gasteiger partial charge in [-0.25, -0.2) is 14.8 Å². The highest BCUT2D eigenvalue weighted by Crippen LogP contribution is 2.43. The average Bonchev–Trinajstić information content (AvgIpc) is 3.38. The highest BCUT2D eigenvalue weighted by molar-refractivity contribution is 8.04. The number of halogens is 1. The van der Waals surface area contributed by atoms with Gasteiger partial charge in [0.05, 0.1) is 21.4 Å². The SMILES string of the molecule is Nc1nc(N2CCN(C(=O)COc3ccc(Cl)cc3)CC2)c2nc(C3CC=C(C(=O)O)S3)ccc2n1. The molecule has 0 bridgehead atoms. The summed E-state index contributed by atoms with van der Waals surface area (Å²) in [5, 5.41) is 9.79. The van der Waals surface area contributed by atoms with E-state index in [4.69, 9.17) is 27.1 Å². The first-order valence-electron chi connectivity index (χ1n) is 11.3. The van der Waals surface area contributed by atoms with Crippen LogP contribution in [0.25, 0.3) is 11.0 Å². The van der Waals surface area contributed by atoms with Crippen molar-refractivity contribution in [1.82, 2.24) is 19.9 Å². The minimum atomic E-state index is -0.925. The van der Waals surface area contributed by atoms with E-state index in [9.17, 15) is 14.7 Å². The van der Waals surface area contributed by atoms with Crippen molar-refractivity contribution < 1.29 is 19.4 Å². The van der Waals surface area contributed by atoms with Crippen molar-refractivity contribution in [2.75, 3.05) is 43.4 Å². The fourth-order valence-electron chi connectivity index (χ4n) is 4.15. The summed E-state index contributed by atoms with van der Waals surface area (Å²) in [5.41, 5.74) is 7.97. The molecule has 186 valence electrons. The maximum absolute atomic E-state index is 12.7. The molecule has 1 atom stereocenters. The van der Waals surface area contributed by atoms with Crippen molar-refractivity contribution in [2.45, 2.75) is 11.7 Å². The third kappa shape index (κ3) is 5.17. The Morgan fingerprint density at radius 2 is 1.83 bits per heavy atom. The molecule has 3 aromatic rings. The molecule has 0 radical (unpaired) electrons. The molecule has 10 nitrogen and oxygen atoms in total. The number of allylic oxidation sites excluding steroid dienone is 1. The standard InChI is InChI=1S/C24H23ClN6O4S/c25-14-1-3-15(4-2-14)35-13-20(32)30-9-11-31(12-10-30)22-21-17(28-24(26)29-22)6-5-16(27-21)18-7-8-19(36-18)23(33)34/h1-6,8,18H,7,9-13H2,(H,33,34)(H2,26,28,29). The van der Waals surface area contributed by atoms with Gasteiger partial charge in [0, 0.05) is 31.2 Å². The number of amides is 1. The second kappa shape index (κ2) is 10.2. The van der Waals surface area contributed by atoms with E-state index in [0.717, 1.165) is 5.69 Å². The van der Waals surface area contributed by atoms with Gasteiger partial charge >= 0.3 is 5.97 Å². The summed E-state index contributed by atoms with van der Waals surface area (Å²) in [6.45, 7) is 2.04. The molecule has 0 saturated carbocycles. The van der Waals surface area contributed by atoms with Crippen LogP contribution in [0.5, 0.6) is 5.75 Å². The lowest BCUT2D eigenvalue weighted by Crippen LogP contribution is -2.50. The Bertz CT molecular complexity index is 1340. The summed E-state index contributed by atoms with van der Waals surface area (Å²) in [6, 6.07) is 10.6. The van der Waals surface area contributed by atoms with E-state index in [-0.39, 0.29) is 23.7 Å². The van der Waals surface area contributed by atoms with E-state index in [0.29, 0.717) is 65.1 Å². The topological polar surface area (TPSA) is 135 Å². The van der Waals surface area contributed by atoms with Crippen LogP contribution in [0.1, 0.15) is 17.4 Å².